The Hall–Kier alpha value is -3.74. The van der Waals surface area contributed by atoms with Crippen molar-refractivity contribution in [1.29, 1.82) is 0 Å². The average molecular weight is 493 g/mol. The monoisotopic (exact) mass is 492 g/mol. The summed E-state index contributed by atoms with van der Waals surface area (Å²) < 4.78 is 8.99. The summed E-state index contributed by atoms with van der Waals surface area (Å²) in [7, 11) is 0. The van der Waals surface area contributed by atoms with E-state index < -0.39 is 22.1 Å². The Balaban J connectivity index is 2.12. The SMILES string of the molecule is CC(C)=C(O)C(CCCn1ccnc1[N+](=O)[O-])OC(CCCn1ccnc1[N+](=O)[O-])C(O)=C(C)C. The molecule has 0 saturated carbocycles. The molecule has 13 heteroatoms. The van der Waals surface area contributed by atoms with Gasteiger partial charge in [-0.3, -0.25) is 0 Å². The molecule has 2 heterocycles. The third kappa shape index (κ3) is 7.64. The van der Waals surface area contributed by atoms with Crippen LogP contribution in [0.25, 0.3) is 0 Å². The number of rotatable bonds is 14. The first-order valence-corrected chi connectivity index (χ1v) is 11.2. The molecule has 0 fully saturated rings. The lowest BCUT2D eigenvalue weighted by Crippen LogP contribution is -2.27. The molecule has 0 aliphatic rings. The van der Waals surface area contributed by atoms with Crippen LogP contribution in [-0.4, -0.2) is 51.4 Å². The normalized spacial score (nSPS) is 12.7. The smallest absolute Gasteiger partial charge is 0.434 e. The van der Waals surface area contributed by atoms with Gasteiger partial charge < -0.3 is 35.2 Å². The van der Waals surface area contributed by atoms with E-state index in [9.17, 15) is 30.4 Å². The average Bonchev–Trinajstić information content (AvgIpc) is 3.45. The Morgan fingerprint density at radius 1 is 0.857 bits per heavy atom. The highest BCUT2D eigenvalue weighted by molar-refractivity contribution is 5.11. The fourth-order valence-corrected chi connectivity index (χ4v) is 3.57. The van der Waals surface area contributed by atoms with E-state index >= 15 is 0 Å². The van der Waals surface area contributed by atoms with Gasteiger partial charge in [0.1, 0.15) is 48.5 Å². The third-order valence-electron chi connectivity index (χ3n) is 5.41. The van der Waals surface area contributed by atoms with Crippen LogP contribution in [0.5, 0.6) is 0 Å². The van der Waals surface area contributed by atoms with Gasteiger partial charge in [0.15, 0.2) is 0 Å². The van der Waals surface area contributed by atoms with Gasteiger partial charge in [0.2, 0.25) is 0 Å². The van der Waals surface area contributed by atoms with Crippen molar-refractivity contribution in [2.24, 2.45) is 0 Å². The molecule has 2 aromatic heterocycles. The second kappa shape index (κ2) is 12.6. The molecule has 0 bridgehead atoms. The van der Waals surface area contributed by atoms with Gasteiger partial charge in [0.05, 0.1) is 13.1 Å². The quantitative estimate of drug-likeness (QED) is 0.217. The minimum atomic E-state index is -0.753. The summed E-state index contributed by atoms with van der Waals surface area (Å²) in [6.45, 7) is 7.55. The van der Waals surface area contributed by atoms with Gasteiger partial charge in [0.25, 0.3) is 0 Å². The maximum absolute atomic E-state index is 11.1. The first kappa shape index (κ1) is 27.5. The molecule has 0 radical (unpaired) electrons. The molecule has 0 saturated heterocycles. The van der Waals surface area contributed by atoms with Crippen molar-refractivity contribution in [3.05, 3.63) is 67.7 Å². The molecular formula is C22H32N6O7. The summed E-state index contributed by atoms with van der Waals surface area (Å²) in [5.74, 6) is -0.464. The lowest BCUT2D eigenvalue weighted by Gasteiger charge is -2.26. The maximum Gasteiger partial charge on any atom is 0.434 e. The summed E-state index contributed by atoms with van der Waals surface area (Å²) in [5.41, 5.74) is 1.29. The minimum Gasteiger partial charge on any atom is -0.510 e. The van der Waals surface area contributed by atoms with Crippen LogP contribution in [0.2, 0.25) is 0 Å². The first-order chi connectivity index (χ1) is 16.5. The number of hydrogen-bond donors (Lipinski definition) is 2. The van der Waals surface area contributed by atoms with Crippen molar-refractivity contribution in [3.63, 3.8) is 0 Å². The second-order valence-corrected chi connectivity index (χ2v) is 8.52. The summed E-state index contributed by atoms with van der Waals surface area (Å²) >= 11 is 0. The van der Waals surface area contributed by atoms with Crippen LogP contribution in [-0.2, 0) is 17.8 Å². The van der Waals surface area contributed by atoms with E-state index in [2.05, 4.69) is 9.97 Å². The number of allylic oxidation sites excluding steroid dienone is 2. The van der Waals surface area contributed by atoms with Gasteiger partial charge in [-0.1, -0.05) is 9.97 Å². The standard InChI is InChI=1S/C22H32N6O7/c1-15(2)19(29)17(7-5-11-25-13-9-23-21(25)27(31)32)35-18(20(30)16(3)4)8-6-12-26-14-10-24-22(26)28(33)34/h9-10,13-14,17-18,29-30H,5-8,11-12H2,1-4H3. The van der Waals surface area contributed by atoms with Crippen molar-refractivity contribution in [3.8, 4) is 0 Å². The van der Waals surface area contributed by atoms with E-state index in [0.29, 0.717) is 49.9 Å². The Kier molecular flexibility index (Phi) is 9.94. The van der Waals surface area contributed by atoms with Crippen LogP contribution in [0, 0.1) is 20.2 Å². The Morgan fingerprint density at radius 3 is 1.54 bits per heavy atom. The Morgan fingerprint density at radius 2 is 1.23 bits per heavy atom. The molecule has 2 N–H and O–H groups in total. The van der Waals surface area contributed by atoms with E-state index in [1.54, 1.807) is 27.7 Å². The molecule has 2 rings (SSSR count). The zero-order chi connectivity index (χ0) is 26.1. The molecule has 13 nitrogen and oxygen atoms in total. The number of aliphatic hydroxyl groups excluding tert-OH is 2. The highest BCUT2D eigenvalue weighted by Crippen LogP contribution is 2.24. The lowest BCUT2D eigenvalue weighted by molar-refractivity contribution is -0.396. The van der Waals surface area contributed by atoms with Crippen LogP contribution in [0.1, 0.15) is 53.4 Å². The number of imidazole rings is 2. The number of nitrogens with zero attached hydrogens (tertiary/aromatic N) is 6. The number of ether oxygens (including phenoxy) is 1. The van der Waals surface area contributed by atoms with Crippen molar-refractivity contribution in [1.82, 2.24) is 19.1 Å². The molecular weight excluding hydrogens is 460 g/mol. The molecule has 0 aliphatic carbocycles. The molecule has 0 amide bonds. The van der Waals surface area contributed by atoms with Crippen molar-refractivity contribution in [2.45, 2.75) is 78.7 Å². The minimum absolute atomic E-state index is 0.0296. The zero-order valence-corrected chi connectivity index (χ0v) is 20.3. The van der Waals surface area contributed by atoms with E-state index in [0.717, 1.165) is 0 Å². The van der Waals surface area contributed by atoms with E-state index in [1.807, 2.05) is 0 Å². The zero-order valence-electron chi connectivity index (χ0n) is 20.3. The fourth-order valence-electron chi connectivity index (χ4n) is 3.57. The Labute approximate surface area is 202 Å². The van der Waals surface area contributed by atoms with E-state index in [1.165, 1.54) is 33.9 Å². The number of aliphatic hydroxyl groups is 2. The van der Waals surface area contributed by atoms with Gasteiger partial charge in [-0.25, -0.2) is 9.13 Å². The first-order valence-electron chi connectivity index (χ1n) is 11.2. The molecule has 35 heavy (non-hydrogen) atoms. The number of nitro groups is 2. The summed E-state index contributed by atoms with van der Waals surface area (Å²) in [5, 5.41) is 43.5. The Bertz CT molecular complexity index is 995. The van der Waals surface area contributed by atoms with Crippen molar-refractivity contribution in [2.75, 3.05) is 0 Å². The third-order valence-corrected chi connectivity index (χ3v) is 5.41. The van der Waals surface area contributed by atoms with Crippen molar-refractivity contribution >= 4 is 11.9 Å². The summed E-state index contributed by atoms with van der Waals surface area (Å²) in [6.07, 6.45) is 5.81. The highest BCUT2D eigenvalue weighted by atomic mass is 16.6. The van der Waals surface area contributed by atoms with Gasteiger partial charge in [-0.15, -0.1) is 0 Å². The fraction of sp³-hybridized carbons (Fsp3) is 0.545. The summed E-state index contributed by atoms with van der Waals surface area (Å²) in [6, 6.07) is 0. The predicted octanol–water partition coefficient (Wildman–Crippen LogP) is 4.61. The molecule has 2 aromatic rings. The number of hydrogen-bond acceptors (Lipinski definition) is 9. The molecule has 0 aliphatic heterocycles. The van der Waals surface area contributed by atoms with Crippen LogP contribution < -0.4 is 0 Å². The van der Waals surface area contributed by atoms with E-state index in [-0.39, 0.29) is 23.4 Å². The topological polar surface area (TPSA) is 172 Å². The largest absolute Gasteiger partial charge is 0.510 e. The van der Waals surface area contributed by atoms with Gasteiger partial charge in [-0.05, 0) is 74.4 Å². The molecule has 192 valence electrons. The van der Waals surface area contributed by atoms with Gasteiger partial charge >= 0.3 is 11.9 Å². The summed E-state index contributed by atoms with van der Waals surface area (Å²) in [4.78, 5) is 28.5. The number of aryl methyl sites for hydroxylation is 2. The van der Waals surface area contributed by atoms with Crippen LogP contribution >= 0.6 is 0 Å². The van der Waals surface area contributed by atoms with E-state index in [4.69, 9.17) is 4.74 Å². The highest BCUT2D eigenvalue weighted by Gasteiger charge is 2.25. The van der Waals surface area contributed by atoms with Gasteiger partial charge in [0, 0.05) is 0 Å². The predicted molar refractivity (Wildman–Crippen MR) is 127 cm³/mol. The lowest BCUT2D eigenvalue weighted by atomic mass is 10.1. The molecule has 0 aromatic carbocycles. The van der Waals surface area contributed by atoms with Crippen LogP contribution in [0.3, 0.4) is 0 Å². The number of aromatic nitrogens is 4. The maximum atomic E-state index is 11.1. The molecule has 2 unspecified atom stereocenters. The van der Waals surface area contributed by atoms with Crippen LogP contribution in [0.15, 0.2) is 47.5 Å². The second-order valence-electron chi connectivity index (χ2n) is 8.52. The van der Waals surface area contributed by atoms with Crippen LogP contribution in [0.4, 0.5) is 11.9 Å². The van der Waals surface area contributed by atoms with Gasteiger partial charge in [-0.2, -0.15) is 0 Å². The molecule has 2 atom stereocenters. The molecule has 0 spiro atoms. The van der Waals surface area contributed by atoms with Crippen molar-refractivity contribution < 1.29 is 24.8 Å².